The number of carbonyl (C=O) groups is 2. The number of carbonyl (C=O) groups excluding carboxylic acids is 2. The van der Waals surface area contributed by atoms with Crippen LogP contribution in [0.1, 0.15) is 84.2 Å². The molecule has 0 spiro atoms. The van der Waals surface area contributed by atoms with Crippen LogP contribution in [-0.4, -0.2) is 11.9 Å². The fraction of sp³-hybridized carbons (Fsp3) is 0.500. The second kappa shape index (κ2) is 6.55. The molecule has 2 atom stereocenters. The molecular weight excluding hydrogens is 256 g/mol. The summed E-state index contributed by atoms with van der Waals surface area (Å²) in [5.41, 5.74) is 0.930. The van der Waals surface area contributed by atoms with Crippen molar-refractivity contribution in [3.8, 4) is 0 Å². The molecule has 0 saturated carbocycles. The number of hydrogen-bond donors (Lipinski definition) is 0. The molecule has 0 aliphatic carbocycles. The normalized spacial score (nSPS) is 13.8. The fourth-order valence-corrected chi connectivity index (χ4v) is 2.41. The summed E-state index contributed by atoms with van der Waals surface area (Å²) in [5, 5.41) is 22.6. The van der Waals surface area contributed by atoms with Crippen LogP contribution in [0.4, 0.5) is 0 Å². The summed E-state index contributed by atoms with van der Waals surface area (Å²) in [5.74, 6) is -2.83. The van der Waals surface area contributed by atoms with Crippen molar-refractivity contribution >= 4 is 11.9 Å². The van der Waals surface area contributed by atoms with Gasteiger partial charge in [0.25, 0.3) is 0 Å². The Labute approximate surface area is 119 Å². The third-order valence-corrected chi connectivity index (χ3v) is 3.95. The van der Waals surface area contributed by atoms with Gasteiger partial charge in [0, 0.05) is 11.1 Å². The van der Waals surface area contributed by atoms with E-state index in [2.05, 4.69) is 0 Å². The number of hydrogen-bond acceptors (Lipinski definition) is 4. The van der Waals surface area contributed by atoms with Gasteiger partial charge in [0.05, 0.1) is 11.9 Å². The molecule has 20 heavy (non-hydrogen) atoms. The zero-order valence-electron chi connectivity index (χ0n) is 12.4. The zero-order chi connectivity index (χ0) is 15.4. The monoisotopic (exact) mass is 276 g/mol. The minimum atomic E-state index is -1.48. The van der Waals surface area contributed by atoms with E-state index in [0.29, 0.717) is 5.56 Å². The Kier molecular flexibility index (Phi) is 5.31. The standard InChI is InChI=1S/C16H22O4/c1-5-9(3)11-7-8-12(15(17)18)14(16(19)20)13(11)10(4)6-2/h7-10H,5-6H2,1-4H3,(H,17,18)(H,19,20)/p-2. The Hall–Kier alpha value is -1.84. The summed E-state index contributed by atoms with van der Waals surface area (Å²) in [6, 6.07) is 3.01. The first-order valence-electron chi connectivity index (χ1n) is 6.94. The number of benzene rings is 1. The molecule has 4 heteroatoms. The molecule has 110 valence electrons. The first kappa shape index (κ1) is 16.2. The van der Waals surface area contributed by atoms with E-state index < -0.39 is 11.9 Å². The summed E-state index contributed by atoms with van der Waals surface area (Å²) in [6.45, 7) is 7.85. The van der Waals surface area contributed by atoms with Crippen molar-refractivity contribution in [3.05, 3.63) is 34.4 Å². The van der Waals surface area contributed by atoms with Crippen molar-refractivity contribution in [2.24, 2.45) is 0 Å². The molecule has 0 amide bonds. The molecule has 0 N–H and O–H groups in total. The van der Waals surface area contributed by atoms with Crippen LogP contribution in [0.3, 0.4) is 0 Å². The van der Waals surface area contributed by atoms with Crippen LogP contribution in [0, 0.1) is 0 Å². The Morgan fingerprint density at radius 3 is 1.95 bits per heavy atom. The van der Waals surface area contributed by atoms with Crippen LogP contribution in [0.2, 0.25) is 0 Å². The van der Waals surface area contributed by atoms with Gasteiger partial charge >= 0.3 is 0 Å². The Bertz CT molecular complexity index is 519. The maximum Gasteiger partial charge on any atom is 0.0724 e. The maximum atomic E-state index is 11.4. The van der Waals surface area contributed by atoms with Gasteiger partial charge in [-0.15, -0.1) is 0 Å². The van der Waals surface area contributed by atoms with E-state index >= 15 is 0 Å². The fourth-order valence-electron chi connectivity index (χ4n) is 2.41. The highest BCUT2D eigenvalue weighted by molar-refractivity contribution is 6.01. The molecule has 0 aliphatic rings. The third-order valence-electron chi connectivity index (χ3n) is 3.95. The molecule has 1 rings (SSSR count). The molecular formula is C16H20O4-2. The lowest BCUT2D eigenvalue weighted by Crippen LogP contribution is -2.32. The van der Waals surface area contributed by atoms with Crippen molar-refractivity contribution in [2.45, 2.75) is 52.4 Å². The van der Waals surface area contributed by atoms with Crippen LogP contribution in [0.5, 0.6) is 0 Å². The second-order valence-electron chi connectivity index (χ2n) is 5.18. The van der Waals surface area contributed by atoms with Crippen LogP contribution < -0.4 is 10.2 Å². The summed E-state index contributed by atoms with van der Waals surface area (Å²) in [7, 11) is 0. The highest BCUT2D eigenvalue weighted by Crippen LogP contribution is 2.34. The highest BCUT2D eigenvalue weighted by atomic mass is 16.4. The second-order valence-corrected chi connectivity index (χ2v) is 5.18. The van der Waals surface area contributed by atoms with Crippen LogP contribution in [-0.2, 0) is 0 Å². The highest BCUT2D eigenvalue weighted by Gasteiger charge is 2.21. The third kappa shape index (κ3) is 3.00. The lowest BCUT2D eigenvalue weighted by molar-refractivity contribution is -0.259. The van der Waals surface area contributed by atoms with E-state index in [0.717, 1.165) is 18.4 Å². The SMILES string of the molecule is CCC(C)c1ccc(C(=O)[O-])c(C(=O)[O-])c1C(C)CC. The molecule has 0 bridgehead atoms. The first-order chi connectivity index (χ1) is 9.34. The summed E-state index contributed by atoms with van der Waals surface area (Å²) in [4.78, 5) is 22.6. The predicted octanol–water partition coefficient (Wildman–Crippen LogP) is 1.44. The summed E-state index contributed by atoms with van der Waals surface area (Å²) >= 11 is 0. The lowest BCUT2D eigenvalue weighted by Gasteiger charge is -2.26. The molecule has 4 nitrogen and oxygen atoms in total. The van der Waals surface area contributed by atoms with Gasteiger partial charge in [-0.1, -0.05) is 39.8 Å². The molecule has 0 saturated heterocycles. The van der Waals surface area contributed by atoms with Gasteiger partial charge < -0.3 is 19.8 Å². The van der Waals surface area contributed by atoms with Crippen molar-refractivity contribution in [1.82, 2.24) is 0 Å². The quantitative estimate of drug-likeness (QED) is 0.787. The molecule has 0 fully saturated rings. The first-order valence-corrected chi connectivity index (χ1v) is 6.94. The summed E-state index contributed by atoms with van der Waals surface area (Å²) < 4.78 is 0. The average molecular weight is 276 g/mol. The van der Waals surface area contributed by atoms with Gasteiger partial charge in [0.1, 0.15) is 0 Å². The van der Waals surface area contributed by atoms with E-state index in [-0.39, 0.29) is 23.0 Å². The van der Waals surface area contributed by atoms with Gasteiger partial charge in [-0.25, -0.2) is 0 Å². The lowest BCUT2D eigenvalue weighted by atomic mass is 9.81. The minimum Gasteiger partial charge on any atom is -0.545 e. The molecule has 0 aromatic heterocycles. The molecule has 1 aromatic carbocycles. The van der Waals surface area contributed by atoms with E-state index in [9.17, 15) is 19.8 Å². The van der Waals surface area contributed by atoms with Gasteiger partial charge in [0.2, 0.25) is 0 Å². The molecule has 2 unspecified atom stereocenters. The van der Waals surface area contributed by atoms with Crippen molar-refractivity contribution < 1.29 is 19.8 Å². The number of carboxylic acids is 2. The topological polar surface area (TPSA) is 80.3 Å². The van der Waals surface area contributed by atoms with E-state index in [4.69, 9.17) is 0 Å². The van der Waals surface area contributed by atoms with Crippen molar-refractivity contribution in [1.29, 1.82) is 0 Å². The predicted molar refractivity (Wildman–Crippen MR) is 72.5 cm³/mol. The van der Waals surface area contributed by atoms with Crippen LogP contribution >= 0.6 is 0 Å². The average Bonchev–Trinajstić information content (AvgIpc) is 2.43. The Morgan fingerprint density at radius 2 is 1.55 bits per heavy atom. The number of carboxylic acid groups (broad SMARTS) is 2. The molecule has 1 aromatic rings. The van der Waals surface area contributed by atoms with Gasteiger partial charge in [-0.2, -0.15) is 0 Å². The largest absolute Gasteiger partial charge is 0.545 e. The Balaban J connectivity index is 3.70. The minimum absolute atomic E-state index is 0.0498. The van der Waals surface area contributed by atoms with Gasteiger partial charge in [-0.3, -0.25) is 0 Å². The smallest absolute Gasteiger partial charge is 0.0724 e. The van der Waals surface area contributed by atoms with Crippen LogP contribution in [0.25, 0.3) is 0 Å². The summed E-state index contributed by atoms with van der Waals surface area (Å²) in [6.07, 6.45) is 1.57. The molecule has 0 heterocycles. The van der Waals surface area contributed by atoms with Crippen LogP contribution in [0.15, 0.2) is 12.1 Å². The van der Waals surface area contributed by atoms with Gasteiger partial charge in [-0.05, 0) is 35.8 Å². The molecule has 0 aliphatic heterocycles. The van der Waals surface area contributed by atoms with Crippen molar-refractivity contribution in [2.75, 3.05) is 0 Å². The van der Waals surface area contributed by atoms with E-state index in [1.165, 1.54) is 6.07 Å². The van der Waals surface area contributed by atoms with E-state index in [1.807, 2.05) is 27.7 Å². The zero-order valence-corrected chi connectivity index (χ0v) is 12.4. The van der Waals surface area contributed by atoms with Crippen molar-refractivity contribution in [3.63, 3.8) is 0 Å². The van der Waals surface area contributed by atoms with Gasteiger partial charge in [0.15, 0.2) is 0 Å². The Morgan fingerprint density at radius 1 is 1.00 bits per heavy atom. The maximum absolute atomic E-state index is 11.4. The number of rotatable bonds is 6. The molecule has 0 radical (unpaired) electrons. The van der Waals surface area contributed by atoms with E-state index in [1.54, 1.807) is 6.07 Å². The number of aromatic carboxylic acids is 2.